The molecule has 9 heteroatoms. The molecule has 2 aromatic carbocycles. The first-order valence-electron chi connectivity index (χ1n) is 11.2. The Morgan fingerprint density at radius 1 is 1.15 bits per heavy atom. The number of benzene rings is 2. The van der Waals surface area contributed by atoms with Crippen LogP contribution in [0.15, 0.2) is 36.4 Å². The minimum Gasteiger partial charge on any atom is -0.496 e. The summed E-state index contributed by atoms with van der Waals surface area (Å²) in [7, 11) is 1.26. The summed E-state index contributed by atoms with van der Waals surface area (Å²) in [6.07, 6.45) is 1.96. The molecule has 0 unspecified atom stereocenters. The second kappa shape index (κ2) is 9.68. The Labute approximate surface area is 199 Å². The second-order valence-electron chi connectivity index (χ2n) is 8.95. The van der Waals surface area contributed by atoms with E-state index in [1.165, 1.54) is 12.1 Å². The number of nitrogens with zero attached hydrogens (tertiary/aromatic N) is 2. The van der Waals surface area contributed by atoms with Crippen molar-refractivity contribution in [2.75, 3.05) is 38.0 Å². The molecule has 2 N–H and O–H groups in total. The Hall–Kier alpha value is -2.41. The van der Waals surface area contributed by atoms with Gasteiger partial charge in [0.1, 0.15) is 23.0 Å². The van der Waals surface area contributed by atoms with Crippen LogP contribution < -0.4 is 15.4 Å². The van der Waals surface area contributed by atoms with Crippen LogP contribution in [0.4, 0.5) is 14.6 Å². The van der Waals surface area contributed by atoms with Crippen LogP contribution >= 0.6 is 7.92 Å². The Balaban J connectivity index is 1.66. The molecule has 2 heterocycles. The fourth-order valence-electron chi connectivity index (χ4n) is 4.03. The highest BCUT2D eigenvalue weighted by Crippen LogP contribution is 2.41. The van der Waals surface area contributed by atoms with Crippen LogP contribution in [0.2, 0.25) is 0 Å². The van der Waals surface area contributed by atoms with E-state index in [4.69, 9.17) is 9.47 Å². The summed E-state index contributed by atoms with van der Waals surface area (Å²) >= 11 is 0. The molecule has 1 aromatic heterocycles. The molecule has 1 saturated heterocycles. The maximum Gasteiger partial charge on any atom is 0.300 e. The Morgan fingerprint density at radius 2 is 1.88 bits per heavy atom. The highest BCUT2D eigenvalue weighted by molar-refractivity contribution is 7.66. The number of rotatable bonds is 7. The molecule has 3 aromatic rings. The summed E-state index contributed by atoms with van der Waals surface area (Å²) in [5.41, 5.74) is -0.965. The molecule has 1 aliphatic heterocycles. The normalized spacial score (nSPS) is 15.5. The third-order valence-corrected chi connectivity index (χ3v) is 8.45. The van der Waals surface area contributed by atoms with Crippen molar-refractivity contribution in [3.8, 4) is 5.75 Å². The highest BCUT2D eigenvalue weighted by atomic mass is 31.1. The van der Waals surface area contributed by atoms with Gasteiger partial charge in [-0.3, -0.25) is 0 Å². The third-order valence-electron chi connectivity index (χ3n) is 5.98. The van der Waals surface area contributed by atoms with Crippen molar-refractivity contribution in [3.05, 3.63) is 53.3 Å². The molecule has 0 saturated carbocycles. The SMILES string of the molecule is COc1cc2nc(C)nc(NCc3cccc(C(F)(F)C(C)(C)O)c3)c2cc1P1CCOCC1. The zero-order chi connectivity index (χ0) is 24.5. The molecule has 4 rings (SSSR count). The van der Waals surface area contributed by atoms with Gasteiger partial charge in [0.2, 0.25) is 0 Å². The summed E-state index contributed by atoms with van der Waals surface area (Å²) < 4.78 is 40.5. The van der Waals surface area contributed by atoms with Crippen LogP contribution in [0.1, 0.15) is 30.8 Å². The smallest absolute Gasteiger partial charge is 0.300 e. The molecule has 6 nitrogen and oxygen atoms in total. The number of methoxy groups -OCH3 is 1. The van der Waals surface area contributed by atoms with Gasteiger partial charge in [-0.15, -0.1) is 0 Å². The lowest BCUT2D eigenvalue weighted by molar-refractivity contribution is -0.168. The van der Waals surface area contributed by atoms with Crippen molar-refractivity contribution in [3.63, 3.8) is 0 Å². The topological polar surface area (TPSA) is 76.5 Å². The van der Waals surface area contributed by atoms with E-state index in [1.807, 2.05) is 13.0 Å². The first kappa shape index (κ1) is 24.7. The van der Waals surface area contributed by atoms with E-state index in [0.717, 1.165) is 61.3 Å². The first-order chi connectivity index (χ1) is 16.1. The zero-order valence-electron chi connectivity index (χ0n) is 19.9. The van der Waals surface area contributed by atoms with Crippen LogP contribution in [0.3, 0.4) is 0 Å². The molecule has 34 heavy (non-hydrogen) atoms. The van der Waals surface area contributed by atoms with E-state index in [-0.39, 0.29) is 5.56 Å². The van der Waals surface area contributed by atoms with E-state index >= 15 is 0 Å². The van der Waals surface area contributed by atoms with Gasteiger partial charge in [-0.05, 0) is 50.8 Å². The third kappa shape index (κ3) is 4.99. The maximum absolute atomic E-state index is 14.6. The van der Waals surface area contributed by atoms with Crippen LogP contribution in [-0.2, 0) is 17.2 Å². The van der Waals surface area contributed by atoms with Crippen molar-refractivity contribution >= 4 is 29.9 Å². The first-order valence-corrected chi connectivity index (χ1v) is 12.9. The Bertz CT molecular complexity index is 1180. The number of hydrogen-bond acceptors (Lipinski definition) is 6. The van der Waals surface area contributed by atoms with Gasteiger partial charge in [-0.25, -0.2) is 9.97 Å². The van der Waals surface area contributed by atoms with E-state index in [0.29, 0.717) is 23.8 Å². The van der Waals surface area contributed by atoms with E-state index in [1.54, 1.807) is 19.2 Å². The van der Waals surface area contributed by atoms with Crippen LogP contribution in [0.5, 0.6) is 5.75 Å². The molecule has 0 atom stereocenters. The lowest BCUT2D eigenvalue weighted by Crippen LogP contribution is -2.40. The van der Waals surface area contributed by atoms with E-state index < -0.39 is 19.4 Å². The minimum atomic E-state index is -3.38. The van der Waals surface area contributed by atoms with Gasteiger partial charge in [0.25, 0.3) is 0 Å². The number of aliphatic hydroxyl groups is 1. The quantitative estimate of drug-likeness (QED) is 0.474. The van der Waals surface area contributed by atoms with E-state index in [2.05, 4.69) is 21.4 Å². The number of aryl methyl sites for hydroxylation is 1. The highest BCUT2D eigenvalue weighted by Gasteiger charge is 2.46. The average Bonchev–Trinajstić information content (AvgIpc) is 2.81. The monoisotopic (exact) mass is 489 g/mol. The summed E-state index contributed by atoms with van der Waals surface area (Å²) in [5.74, 6) is -1.30. The lowest BCUT2D eigenvalue weighted by Gasteiger charge is -2.29. The summed E-state index contributed by atoms with van der Waals surface area (Å²) in [5, 5.41) is 15.3. The molecule has 0 aliphatic carbocycles. The molecular formula is C25H30F2N3O3P. The lowest BCUT2D eigenvalue weighted by atomic mass is 9.92. The largest absolute Gasteiger partial charge is 0.496 e. The molecule has 1 aliphatic rings. The predicted molar refractivity (Wildman–Crippen MR) is 132 cm³/mol. The van der Waals surface area contributed by atoms with Gasteiger partial charge in [0, 0.05) is 28.9 Å². The fraction of sp³-hybridized carbons (Fsp3) is 0.440. The van der Waals surface area contributed by atoms with Gasteiger partial charge in [0.05, 0.1) is 25.8 Å². The van der Waals surface area contributed by atoms with Crippen molar-refractivity contribution in [2.24, 2.45) is 0 Å². The summed E-state index contributed by atoms with van der Waals surface area (Å²) in [6, 6.07) is 10.2. The maximum atomic E-state index is 14.6. The molecule has 0 amide bonds. The standard InChI is InChI=1S/C25H30F2N3O3P/c1-16-29-20-14-21(32-4)22(34-10-8-33-9-11-34)13-19(20)23(30-16)28-15-17-6-5-7-18(12-17)25(26,27)24(2,3)31/h5-7,12-14,31H,8-11,15H2,1-4H3,(H,28,29,30). The van der Waals surface area contributed by atoms with Crippen molar-refractivity contribution < 1.29 is 23.4 Å². The van der Waals surface area contributed by atoms with Gasteiger partial charge in [-0.1, -0.05) is 26.1 Å². The molecule has 182 valence electrons. The van der Waals surface area contributed by atoms with Crippen molar-refractivity contribution in [2.45, 2.75) is 38.8 Å². The molecule has 1 fully saturated rings. The molecule has 0 bridgehead atoms. The zero-order valence-corrected chi connectivity index (χ0v) is 20.8. The van der Waals surface area contributed by atoms with Crippen molar-refractivity contribution in [1.29, 1.82) is 0 Å². The number of hydrogen-bond donors (Lipinski definition) is 2. The van der Waals surface area contributed by atoms with E-state index in [9.17, 15) is 13.9 Å². The molecule has 0 radical (unpaired) electrons. The van der Waals surface area contributed by atoms with Crippen LogP contribution in [-0.4, -0.2) is 53.3 Å². The average molecular weight is 490 g/mol. The van der Waals surface area contributed by atoms with Crippen LogP contribution in [0.25, 0.3) is 10.9 Å². The number of fused-ring (bicyclic) bond motifs is 1. The van der Waals surface area contributed by atoms with Gasteiger partial charge in [-0.2, -0.15) is 8.78 Å². The fourth-order valence-corrected chi connectivity index (χ4v) is 6.21. The Morgan fingerprint density at radius 3 is 2.56 bits per heavy atom. The number of anilines is 1. The number of nitrogens with one attached hydrogen (secondary N) is 1. The van der Waals surface area contributed by atoms with Gasteiger partial charge >= 0.3 is 5.92 Å². The number of halogens is 2. The summed E-state index contributed by atoms with van der Waals surface area (Å²) in [6.45, 7) is 5.82. The minimum absolute atomic E-state index is 0.225. The second-order valence-corrected chi connectivity index (χ2v) is 11.4. The van der Waals surface area contributed by atoms with Crippen LogP contribution in [0, 0.1) is 6.92 Å². The number of alkyl halides is 2. The molecule has 0 spiro atoms. The molecular weight excluding hydrogens is 459 g/mol. The summed E-state index contributed by atoms with van der Waals surface area (Å²) in [4.78, 5) is 9.18. The number of ether oxygens (including phenoxy) is 2. The Kier molecular flexibility index (Phi) is 7.04. The van der Waals surface area contributed by atoms with Gasteiger partial charge in [0.15, 0.2) is 0 Å². The number of aromatic nitrogens is 2. The van der Waals surface area contributed by atoms with Crippen molar-refractivity contribution in [1.82, 2.24) is 9.97 Å². The van der Waals surface area contributed by atoms with Gasteiger partial charge < -0.3 is 19.9 Å². The predicted octanol–water partition coefficient (Wildman–Crippen LogP) is 4.56.